The standard InChI is InChI=1S/C17H18N4O3/c1-12-10-19-21(11-12)17(16(22)23)4-7-20(8-5-17)15-13-3-9-24-14(13)2-6-18-15/h2-3,6,9-11H,4-5,7-8H2,1H3,(H,22,23). The van der Waals surface area contributed by atoms with Crippen LogP contribution in [0.5, 0.6) is 0 Å². The number of hydrogen-bond acceptors (Lipinski definition) is 5. The maximum Gasteiger partial charge on any atom is 0.331 e. The van der Waals surface area contributed by atoms with Crippen molar-refractivity contribution in [2.45, 2.75) is 25.3 Å². The number of nitrogens with zero attached hydrogens (tertiary/aromatic N) is 4. The summed E-state index contributed by atoms with van der Waals surface area (Å²) in [6.45, 7) is 3.11. The zero-order valence-electron chi connectivity index (χ0n) is 13.3. The van der Waals surface area contributed by atoms with Crippen molar-refractivity contribution in [1.29, 1.82) is 0 Å². The van der Waals surface area contributed by atoms with Crippen LogP contribution < -0.4 is 4.90 Å². The lowest BCUT2D eigenvalue weighted by molar-refractivity contribution is -0.149. The van der Waals surface area contributed by atoms with Gasteiger partial charge < -0.3 is 14.4 Å². The summed E-state index contributed by atoms with van der Waals surface area (Å²) in [5.74, 6) is 0.0108. The number of hydrogen-bond donors (Lipinski definition) is 1. The summed E-state index contributed by atoms with van der Waals surface area (Å²) in [6, 6.07) is 3.73. The van der Waals surface area contributed by atoms with E-state index in [2.05, 4.69) is 15.0 Å². The monoisotopic (exact) mass is 326 g/mol. The summed E-state index contributed by atoms with van der Waals surface area (Å²) < 4.78 is 7.03. The molecule has 1 N–H and O–H groups in total. The predicted molar refractivity (Wildman–Crippen MR) is 88.0 cm³/mol. The third-order valence-corrected chi connectivity index (χ3v) is 4.80. The fraction of sp³-hybridized carbons (Fsp3) is 0.353. The van der Waals surface area contributed by atoms with Crippen molar-refractivity contribution in [2.24, 2.45) is 0 Å². The van der Waals surface area contributed by atoms with Gasteiger partial charge in [-0.3, -0.25) is 4.68 Å². The molecule has 4 rings (SSSR count). The van der Waals surface area contributed by atoms with E-state index in [1.807, 2.05) is 19.1 Å². The van der Waals surface area contributed by atoms with Gasteiger partial charge in [0, 0.05) is 38.3 Å². The number of fused-ring (bicyclic) bond motifs is 1. The Hall–Kier alpha value is -2.83. The number of aliphatic carboxylic acids is 1. The number of carbonyl (C=O) groups is 1. The summed E-state index contributed by atoms with van der Waals surface area (Å²) in [4.78, 5) is 18.6. The van der Waals surface area contributed by atoms with E-state index in [1.54, 1.807) is 29.5 Å². The molecule has 7 nitrogen and oxygen atoms in total. The van der Waals surface area contributed by atoms with Crippen molar-refractivity contribution in [1.82, 2.24) is 14.8 Å². The van der Waals surface area contributed by atoms with E-state index >= 15 is 0 Å². The molecule has 24 heavy (non-hydrogen) atoms. The molecule has 3 aromatic rings. The van der Waals surface area contributed by atoms with Crippen LogP contribution in [0.4, 0.5) is 5.82 Å². The van der Waals surface area contributed by atoms with Crippen LogP contribution in [0.1, 0.15) is 18.4 Å². The molecule has 0 unspecified atom stereocenters. The molecule has 3 aromatic heterocycles. The van der Waals surface area contributed by atoms with E-state index in [4.69, 9.17) is 4.42 Å². The van der Waals surface area contributed by atoms with Gasteiger partial charge in [-0.1, -0.05) is 0 Å². The van der Waals surface area contributed by atoms with Crippen LogP contribution in [0.15, 0.2) is 41.4 Å². The Morgan fingerprint density at radius 1 is 1.33 bits per heavy atom. The van der Waals surface area contributed by atoms with Crippen molar-refractivity contribution in [2.75, 3.05) is 18.0 Å². The zero-order valence-corrected chi connectivity index (χ0v) is 13.3. The molecular weight excluding hydrogens is 308 g/mol. The Balaban J connectivity index is 1.64. The quantitative estimate of drug-likeness (QED) is 0.795. The minimum atomic E-state index is -0.991. The summed E-state index contributed by atoms with van der Waals surface area (Å²) in [5, 5.41) is 15.0. The first-order chi connectivity index (χ1) is 11.6. The number of rotatable bonds is 3. The molecule has 0 spiro atoms. The Morgan fingerprint density at radius 2 is 2.12 bits per heavy atom. The van der Waals surface area contributed by atoms with Crippen LogP contribution in [0.3, 0.4) is 0 Å². The smallest absolute Gasteiger partial charge is 0.331 e. The van der Waals surface area contributed by atoms with Crippen molar-refractivity contribution in [3.63, 3.8) is 0 Å². The molecule has 1 fully saturated rings. The molecule has 0 radical (unpaired) electrons. The first-order valence-corrected chi connectivity index (χ1v) is 7.92. The highest BCUT2D eigenvalue weighted by Crippen LogP contribution is 2.34. The molecule has 0 saturated carbocycles. The van der Waals surface area contributed by atoms with Gasteiger partial charge in [0.1, 0.15) is 11.4 Å². The van der Waals surface area contributed by atoms with Gasteiger partial charge in [-0.25, -0.2) is 9.78 Å². The third kappa shape index (κ3) is 2.16. The molecule has 1 aliphatic rings. The number of pyridine rings is 1. The summed E-state index contributed by atoms with van der Waals surface area (Å²) >= 11 is 0. The minimum absolute atomic E-state index is 0.472. The van der Waals surface area contributed by atoms with Crippen molar-refractivity contribution < 1.29 is 14.3 Å². The molecular formula is C17H18N4O3. The molecule has 0 atom stereocenters. The SMILES string of the molecule is Cc1cnn(C2(C(=O)O)CCN(c3nccc4occc34)CC2)c1. The Labute approximate surface area is 138 Å². The maximum absolute atomic E-state index is 12.0. The molecule has 0 amide bonds. The van der Waals surface area contributed by atoms with Crippen LogP contribution in [0.25, 0.3) is 11.0 Å². The van der Waals surface area contributed by atoms with E-state index in [0.717, 1.165) is 22.4 Å². The summed E-state index contributed by atoms with van der Waals surface area (Å²) in [7, 11) is 0. The van der Waals surface area contributed by atoms with E-state index in [1.165, 1.54) is 0 Å². The lowest BCUT2D eigenvalue weighted by atomic mass is 9.87. The second kappa shape index (κ2) is 5.36. The van der Waals surface area contributed by atoms with Gasteiger partial charge in [0.25, 0.3) is 0 Å². The lowest BCUT2D eigenvalue weighted by Crippen LogP contribution is -2.51. The maximum atomic E-state index is 12.0. The van der Waals surface area contributed by atoms with Crippen LogP contribution >= 0.6 is 0 Å². The lowest BCUT2D eigenvalue weighted by Gasteiger charge is -2.39. The molecule has 0 aromatic carbocycles. The van der Waals surface area contributed by atoms with Gasteiger partial charge in [0.15, 0.2) is 5.54 Å². The van der Waals surface area contributed by atoms with Gasteiger partial charge in [-0.15, -0.1) is 0 Å². The largest absolute Gasteiger partial charge is 0.479 e. The van der Waals surface area contributed by atoms with Crippen molar-refractivity contribution in [3.05, 3.63) is 42.5 Å². The van der Waals surface area contributed by atoms with E-state index < -0.39 is 11.5 Å². The molecule has 0 bridgehead atoms. The van der Waals surface area contributed by atoms with Gasteiger partial charge >= 0.3 is 5.97 Å². The molecule has 1 aliphatic heterocycles. The first kappa shape index (κ1) is 14.7. The number of aromatic nitrogens is 3. The second-order valence-corrected chi connectivity index (χ2v) is 6.25. The van der Waals surface area contributed by atoms with Gasteiger partial charge in [0.05, 0.1) is 17.8 Å². The fourth-order valence-electron chi connectivity index (χ4n) is 3.41. The third-order valence-electron chi connectivity index (χ3n) is 4.80. The van der Waals surface area contributed by atoms with E-state index in [9.17, 15) is 9.90 Å². The Morgan fingerprint density at radius 3 is 2.79 bits per heavy atom. The topological polar surface area (TPSA) is 84.4 Å². The Kier molecular flexibility index (Phi) is 3.30. The number of furan rings is 1. The predicted octanol–water partition coefficient (Wildman–Crippen LogP) is 2.41. The highest BCUT2D eigenvalue weighted by Gasteiger charge is 2.44. The van der Waals surface area contributed by atoms with E-state index in [-0.39, 0.29) is 0 Å². The summed E-state index contributed by atoms with van der Waals surface area (Å²) in [5.41, 5.74) is 0.760. The molecule has 1 saturated heterocycles. The average Bonchev–Trinajstić information content (AvgIpc) is 3.23. The Bertz CT molecular complexity index is 890. The second-order valence-electron chi connectivity index (χ2n) is 6.25. The normalized spacial score (nSPS) is 17.3. The van der Waals surface area contributed by atoms with Crippen LogP contribution in [0.2, 0.25) is 0 Å². The number of anilines is 1. The summed E-state index contributed by atoms with van der Waals surface area (Å²) in [6.07, 6.45) is 7.81. The number of piperidine rings is 1. The molecule has 7 heteroatoms. The van der Waals surface area contributed by atoms with Crippen LogP contribution in [-0.4, -0.2) is 38.9 Å². The van der Waals surface area contributed by atoms with E-state index in [0.29, 0.717) is 25.9 Å². The van der Waals surface area contributed by atoms with Crippen LogP contribution in [-0.2, 0) is 10.3 Å². The van der Waals surface area contributed by atoms with Gasteiger partial charge in [0.2, 0.25) is 0 Å². The highest BCUT2D eigenvalue weighted by atomic mass is 16.4. The highest BCUT2D eigenvalue weighted by molar-refractivity contribution is 5.88. The van der Waals surface area contributed by atoms with Gasteiger partial charge in [-0.2, -0.15) is 5.10 Å². The van der Waals surface area contributed by atoms with Gasteiger partial charge in [-0.05, 0) is 24.6 Å². The average molecular weight is 326 g/mol. The molecule has 4 heterocycles. The number of aryl methyl sites for hydroxylation is 1. The van der Waals surface area contributed by atoms with Crippen molar-refractivity contribution >= 4 is 22.8 Å². The van der Waals surface area contributed by atoms with Crippen LogP contribution in [0, 0.1) is 6.92 Å². The fourth-order valence-corrected chi connectivity index (χ4v) is 3.41. The zero-order chi connectivity index (χ0) is 16.7. The molecule has 124 valence electrons. The number of carboxylic acid groups (broad SMARTS) is 1. The van der Waals surface area contributed by atoms with Crippen molar-refractivity contribution in [3.8, 4) is 0 Å². The number of carboxylic acids is 1. The minimum Gasteiger partial charge on any atom is -0.479 e. The molecule has 0 aliphatic carbocycles. The first-order valence-electron chi connectivity index (χ1n) is 7.92.